The van der Waals surface area contributed by atoms with Crippen molar-refractivity contribution < 1.29 is 4.74 Å². The van der Waals surface area contributed by atoms with Gasteiger partial charge in [-0.15, -0.1) is 5.10 Å². The number of morpholine rings is 1. The smallest absolute Gasteiger partial charge is 0.154 e. The minimum Gasteiger partial charge on any atom is -0.372 e. The topological polar surface area (TPSA) is 71.3 Å². The molecule has 1 saturated heterocycles. The molecule has 0 radical (unpaired) electrons. The Morgan fingerprint density at radius 1 is 1.08 bits per heavy atom. The van der Waals surface area contributed by atoms with Crippen molar-refractivity contribution >= 4 is 22.4 Å². The molecule has 0 unspecified atom stereocenters. The molecule has 3 aromatic heterocycles. The zero-order valence-corrected chi connectivity index (χ0v) is 14.8. The molecule has 1 aliphatic rings. The Labute approximate surface area is 150 Å². The molecule has 1 aliphatic heterocycles. The molecular weight excluding hydrogens is 328 g/mol. The van der Waals surface area contributed by atoms with Crippen LogP contribution in [0, 0.1) is 0 Å². The number of aromatic amines is 1. The molecule has 132 valence electrons. The van der Waals surface area contributed by atoms with Crippen molar-refractivity contribution in [2.75, 3.05) is 18.0 Å². The number of ether oxygens (including phenoxy) is 1. The summed E-state index contributed by atoms with van der Waals surface area (Å²) in [5.41, 5.74) is 3.86. The number of imidazole rings is 1. The summed E-state index contributed by atoms with van der Waals surface area (Å²) in [4.78, 5) is 6.79. The minimum absolute atomic E-state index is 0.196. The number of H-pyrrole nitrogens is 1. The molecule has 1 N–H and O–H groups in total. The van der Waals surface area contributed by atoms with E-state index >= 15 is 0 Å². The van der Waals surface area contributed by atoms with Gasteiger partial charge < -0.3 is 9.64 Å². The number of nitrogens with one attached hydrogen (secondary N) is 1. The van der Waals surface area contributed by atoms with Gasteiger partial charge in [-0.2, -0.15) is 5.10 Å². The number of benzene rings is 1. The molecule has 0 aliphatic carbocycles. The Kier molecular flexibility index (Phi) is 3.43. The van der Waals surface area contributed by atoms with E-state index in [1.165, 1.54) is 0 Å². The normalized spacial score (nSPS) is 20.9. The van der Waals surface area contributed by atoms with Crippen LogP contribution in [-0.4, -0.2) is 50.1 Å². The van der Waals surface area contributed by atoms with Crippen LogP contribution in [0.1, 0.15) is 13.8 Å². The lowest BCUT2D eigenvalue weighted by atomic mass is 10.1. The first-order chi connectivity index (χ1) is 12.7. The van der Waals surface area contributed by atoms with E-state index in [0.29, 0.717) is 0 Å². The van der Waals surface area contributed by atoms with Crippen LogP contribution in [0.2, 0.25) is 0 Å². The predicted octanol–water partition coefficient (Wildman–Crippen LogP) is 2.89. The van der Waals surface area contributed by atoms with Gasteiger partial charge >= 0.3 is 0 Å². The number of nitrogens with zero attached hydrogens (tertiary/aromatic N) is 5. The van der Waals surface area contributed by atoms with E-state index in [9.17, 15) is 0 Å². The van der Waals surface area contributed by atoms with Gasteiger partial charge in [-0.25, -0.2) is 9.50 Å². The molecular formula is C19H20N6O. The van der Waals surface area contributed by atoms with Crippen LogP contribution in [0.15, 0.2) is 42.7 Å². The molecule has 26 heavy (non-hydrogen) atoms. The van der Waals surface area contributed by atoms with Crippen molar-refractivity contribution in [2.24, 2.45) is 0 Å². The molecule has 7 heteroatoms. The highest BCUT2D eigenvalue weighted by atomic mass is 16.5. The van der Waals surface area contributed by atoms with Gasteiger partial charge in [0.15, 0.2) is 5.65 Å². The number of rotatable bonds is 2. The van der Waals surface area contributed by atoms with Gasteiger partial charge in [-0.3, -0.25) is 5.10 Å². The summed E-state index contributed by atoms with van der Waals surface area (Å²) >= 11 is 0. The van der Waals surface area contributed by atoms with E-state index in [-0.39, 0.29) is 12.2 Å². The first-order valence-corrected chi connectivity index (χ1v) is 8.86. The summed E-state index contributed by atoms with van der Waals surface area (Å²) in [6, 6.07) is 10.3. The molecule has 4 heterocycles. The number of aromatic nitrogens is 5. The van der Waals surface area contributed by atoms with Gasteiger partial charge in [-0.1, -0.05) is 12.1 Å². The number of hydrogen-bond acceptors (Lipinski definition) is 5. The maximum absolute atomic E-state index is 5.84. The molecule has 0 bridgehead atoms. The quantitative estimate of drug-likeness (QED) is 0.603. The van der Waals surface area contributed by atoms with Crippen LogP contribution in [0.25, 0.3) is 27.8 Å². The van der Waals surface area contributed by atoms with Crippen molar-refractivity contribution in [2.45, 2.75) is 26.1 Å². The number of hydrogen-bond donors (Lipinski definition) is 1. The van der Waals surface area contributed by atoms with Gasteiger partial charge in [0.2, 0.25) is 0 Å². The molecule has 0 saturated carbocycles. The van der Waals surface area contributed by atoms with E-state index in [4.69, 9.17) is 9.84 Å². The summed E-state index contributed by atoms with van der Waals surface area (Å²) in [5, 5.41) is 13.1. The van der Waals surface area contributed by atoms with Crippen molar-refractivity contribution in [3.05, 3.63) is 42.7 Å². The van der Waals surface area contributed by atoms with Crippen molar-refractivity contribution in [3.8, 4) is 11.3 Å². The lowest BCUT2D eigenvalue weighted by Crippen LogP contribution is -2.46. The van der Waals surface area contributed by atoms with Gasteiger partial charge in [0.25, 0.3) is 0 Å². The molecule has 2 atom stereocenters. The maximum Gasteiger partial charge on any atom is 0.154 e. The molecule has 5 rings (SSSR count). The van der Waals surface area contributed by atoms with Gasteiger partial charge in [-0.05, 0) is 32.0 Å². The second-order valence-electron chi connectivity index (χ2n) is 6.94. The Balaban J connectivity index is 1.58. The van der Waals surface area contributed by atoms with E-state index in [1.807, 2.05) is 29.0 Å². The van der Waals surface area contributed by atoms with Gasteiger partial charge in [0, 0.05) is 24.0 Å². The molecule has 4 aromatic rings. The van der Waals surface area contributed by atoms with E-state index in [0.717, 1.165) is 46.7 Å². The van der Waals surface area contributed by atoms with Crippen molar-refractivity contribution in [1.82, 2.24) is 24.8 Å². The summed E-state index contributed by atoms with van der Waals surface area (Å²) in [7, 11) is 0. The molecule has 0 amide bonds. The van der Waals surface area contributed by atoms with E-state index in [2.05, 4.69) is 52.1 Å². The summed E-state index contributed by atoms with van der Waals surface area (Å²) in [6.45, 7) is 5.88. The van der Waals surface area contributed by atoms with Crippen molar-refractivity contribution in [1.29, 1.82) is 0 Å². The van der Waals surface area contributed by atoms with Crippen LogP contribution in [0.5, 0.6) is 0 Å². The van der Waals surface area contributed by atoms with E-state index in [1.54, 1.807) is 0 Å². The Morgan fingerprint density at radius 3 is 2.77 bits per heavy atom. The molecule has 7 nitrogen and oxygen atoms in total. The zero-order chi connectivity index (χ0) is 17.7. The third-order valence-electron chi connectivity index (χ3n) is 4.83. The lowest BCUT2D eigenvalue weighted by Gasteiger charge is -2.35. The highest BCUT2D eigenvalue weighted by Crippen LogP contribution is 2.25. The summed E-state index contributed by atoms with van der Waals surface area (Å²) < 4.78 is 7.75. The van der Waals surface area contributed by atoms with Crippen LogP contribution in [-0.2, 0) is 4.74 Å². The Bertz CT molecular complexity index is 1070. The standard InChI is InChI=1S/C19H20N6O/c1-12-10-24(11-13(2)26-12)19-6-5-18-20-9-17(25(18)23-19)14-3-4-15-8-21-22-16(15)7-14/h3-9,12-13H,10-11H2,1-2H3,(H,21,22)/t12-,13+. The third-order valence-corrected chi connectivity index (χ3v) is 4.83. The fraction of sp³-hybridized carbons (Fsp3) is 0.316. The third kappa shape index (κ3) is 2.52. The van der Waals surface area contributed by atoms with Crippen LogP contribution >= 0.6 is 0 Å². The second-order valence-corrected chi connectivity index (χ2v) is 6.94. The summed E-state index contributed by atoms with van der Waals surface area (Å²) in [6.07, 6.45) is 4.08. The Hall–Kier alpha value is -2.93. The largest absolute Gasteiger partial charge is 0.372 e. The lowest BCUT2D eigenvalue weighted by molar-refractivity contribution is -0.00551. The van der Waals surface area contributed by atoms with Gasteiger partial charge in [0.05, 0.1) is 35.8 Å². The fourth-order valence-electron chi connectivity index (χ4n) is 3.69. The highest BCUT2D eigenvalue weighted by Gasteiger charge is 2.23. The van der Waals surface area contributed by atoms with Crippen LogP contribution in [0.4, 0.5) is 5.82 Å². The monoisotopic (exact) mass is 348 g/mol. The first kappa shape index (κ1) is 15.3. The number of fused-ring (bicyclic) bond motifs is 2. The SMILES string of the molecule is C[C@@H]1CN(c2ccc3ncc(-c4ccc5cn[nH]c5c4)n3n2)C[C@H](C)O1. The van der Waals surface area contributed by atoms with E-state index < -0.39 is 0 Å². The Morgan fingerprint density at radius 2 is 1.92 bits per heavy atom. The predicted molar refractivity (Wildman–Crippen MR) is 100 cm³/mol. The number of anilines is 1. The summed E-state index contributed by atoms with van der Waals surface area (Å²) in [5.74, 6) is 0.946. The fourth-order valence-corrected chi connectivity index (χ4v) is 3.69. The molecule has 0 spiro atoms. The van der Waals surface area contributed by atoms with Gasteiger partial charge in [0.1, 0.15) is 5.82 Å². The zero-order valence-electron chi connectivity index (χ0n) is 14.8. The minimum atomic E-state index is 0.196. The average molecular weight is 348 g/mol. The molecule has 1 fully saturated rings. The maximum atomic E-state index is 5.84. The molecule has 1 aromatic carbocycles. The average Bonchev–Trinajstić information content (AvgIpc) is 3.26. The second kappa shape index (κ2) is 5.81. The van der Waals surface area contributed by atoms with Crippen LogP contribution in [0.3, 0.4) is 0 Å². The highest BCUT2D eigenvalue weighted by molar-refractivity contribution is 5.83. The van der Waals surface area contributed by atoms with Crippen molar-refractivity contribution in [3.63, 3.8) is 0 Å². The van der Waals surface area contributed by atoms with Crippen LogP contribution < -0.4 is 4.90 Å². The first-order valence-electron chi connectivity index (χ1n) is 8.86.